The van der Waals surface area contributed by atoms with Gasteiger partial charge in [-0.05, 0) is 42.7 Å². The first kappa shape index (κ1) is 22.5. The maximum Gasteiger partial charge on any atom is 0.255 e. The molecule has 6 nitrogen and oxygen atoms in total. The summed E-state index contributed by atoms with van der Waals surface area (Å²) in [5.41, 5.74) is 0.847. The molecule has 2 aliphatic rings. The third-order valence-corrected chi connectivity index (χ3v) is 8.03. The molecule has 1 saturated carbocycles. The maximum atomic E-state index is 13.4. The van der Waals surface area contributed by atoms with E-state index in [1.54, 1.807) is 17.0 Å². The van der Waals surface area contributed by atoms with E-state index in [0.29, 0.717) is 13.2 Å². The van der Waals surface area contributed by atoms with Crippen LogP contribution >= 0.6 is 23.2 Å². The van der Waals surface area contributed by atoms with E-state index in [-0.39, 0.29) is 57.9 Å². The van der Waals surface area contributed by atoms with Crippen molar-refractivity contribution in [2.75, 3.05) is 26.3 Å². The van der Waals surface area contributed by atoms with Crippen LogP contribution in [0, 0.1) is 5.82 Å². The second-order valence-electron chi connectivity index (χ2n) is 7.57. The first-order valence-electron chi connectivity index (χ1n) is 9.90. The highest BCUT2D eigenvalue weighted by Gasteiger charge is 2.35. The van der Waals surface area contributed by atoms with E-state index in [1.807, 2.05) is 0 Å². The third kappa shape index (κ3) is 4.88. The molecule has 0 atom stereocenters. The molecule has 0 bridgehead atoms. The number of nitrogens with zero attached hydrogens (tertiary/aromatic N) is 2. The Bertz CT molecular complexity index is 1090. The number of morpholine rings is 1. The van der Waals surface area contributed by atoms with Crippen molar-refractivity contribution in [1.82, 2.24) is 9.21 Å². The number of sulfonamides is 1. The average molecular weight is 487 g/mol. The number of halogens is 3. The summed E-state index contributed by atoms with van der Waals surface area (Å²) in [6.07, 6.45) is 1.69. The molecule has 2 aromatic carbocycles. The second-order valence-corrected chi connectivity index (χ2v) is 10.3. The second kappa shape index (κ2) is 9.03. The van der Waals surface area contributed by atoms with Crippen LogP contribution in [0.3, 0.4) is 0 Å². The van der Waals surface area contributed by atoms with Crippen molar-refractivity contribution < 1.29 is 22.3 Å². The van der Waals surface area contributed by atoms with Gasteiger partial charge in [-0.15, -0.1) is 0 Å². The Balaban J connectivity index is 1.66. The molecule has 1 heterocycles. The highest BCUT2D eigenvalue weighted by atomic mass is 35.5. The van der Waals surface area contributed by atoms with Crippen molar-refractivity contribution in [2.24, 2.45) is 0 Å². The molecule has 1 amide bonds. The maximum absolute atomic E-state index is 13.4. The SMILES string of the molecule is O=C(c1cc(S(=O)(=O)N2CCOCC2)c(Cl)cc1Cl)N(Cc1ccc(F)cc1)C1CC1. The number of carbonyl (C=O) groups excluding carboxylic acids is 1. The molecule has 0 aromatic heterocycles. The average Bonchev–Trinajstić information content (AvgIpc) is 3.58. The summed E-state index contributed by atoms with van der Waals surface area (Å²) >= 11 is 12.5. The molecule has 31 heavy (non-hydrogen) atoms. The zero-order valence-electron chi connectivity index (χ0n) is 16.6. The fraction of sp³-hybridized carbons (Fsp3) is 0.381. The molecule has 1 aliphatic heterocycles. The predicted octanol–water partition coefficient (Wildman–Crippen LogP) is 3.96. The minimum Gasteiger partial charge on any atom is -0.379 e. The van der Waals surface area contributed by atoms with Crippen LogP contribution in [0.2, 0.25) is 10.0 Å². The summed E-state index contributed by atoms with van der Waals surface area (Å²) in [6, 6.07) is 8.51. The predicted molar refractivity (Wildman–Crippen MR) is 115 cm³/mol. The number of amides is 1. The molecule has 1 aliphatic carbocycles. The minimum absolute atomic E-state index is 0.0311. The van der Waals surface area contributed by atoms with Gasteiger partial charge in [-0.25, -0.2) is 12.8 Å². The smallest absolute Gasteiger partial charge is 0.255 e. The van der Waals surface area contributed by atoms with Crippen LogP contribution in [0.15, 0.2) is 41.3 Å². The lowest BCUT2D eigenvalue weighted by Gasteiger charge is -2.27. The summed E-state index contributed by atoms with van der Waals surface area (Å²) in [4.78, 5) is 14.9. The molecule has 0 spiro atoms. The summed E-state index contributed by atoms with van der Waals surface area (Å²) in [5, 5.41) is 0.0465. The van der Waals surface area contributed by atoms with E-state index in [9.17, 15) is 17.6 Å². The van der Waals surface area contributed by atoms with Crippen LogP contribution in [-0.4, -0.2) is 55.9 Å². The molecule has 166 valence electrons. The Morgan fingerprint density at radius 2 is 1.74 bits per heavy atom. The molecule has 2 aromatic rings. The van der Waals surface area contributed by atoms with Crippen molar-refractivity contribution in [3.05, 3.63) is 63.4 Å². The quantitative estimate of drug-likeness (QED) is 0.619. The lowest BCUT2D eigenvalue weighted by Crippen LogP contribution is -2.40. The molecule has 2 fully saturated rings. The van der Waals surface area contributed by atoms with Crippen LogP contribution in [0.4, 0.5) is 4.39 Å². The van der Waals surface area contributed by atoms with Gasteiger partial charge >= 0.3 is 0 Å². The first-order valence-corrected chi connectivity index (χ1v) is 12.1. The molecule has 0 unspecified atom stereocenters. The number of ether oxygens (including phenoxy) is 1. The van der Waals surface area contributed by atoms with Crippen LogP contribution in [-0.2, 0) is 21.3 Å². The Kier molecular flexibility index (Phi) is 6.55. The van der Waals surface area contributed by atoms with Gasteiger partial charge in [0.1, 0.15) is 10.7 Å². The van der Waals surface area contributed by atoms with Gasteiger partial charge in [-0.3, -0.25) is 4.79 Å². The third-order valence-electron chi connectivity index (χ3n) is 5.35. The zero-order valence-corrected chi connectivity index (χ0v) is 18.9. The molecule has 0 radical (unpaired) electrons. The Labute approximate surface area is 190 Å². The first-order chi connectivity index (χ1) is 14.8. The summed E-state index contributed by atoms with van der Waals surface area (Å²) in [5.74, 6) is -0.737. The number of hydrogen-bond donors (Lipinski definition) is 0. The van der Waals surface area contributed by atoms with E-state index in [1.165, 1.54) is 28.6 Å². The van der Waals surface area contributed by atoms with E-state index < -0.39 is 10.0 Å². The highest BCUT2D eigenvalue weighted by molar-refractivity contribution is 7.89. The molecular formula is C21H21Cl2FN2O4S. The largest absolute Gasteiger partial charge is 0.379 e. The van der Waals surface area contributed by atoms with Crippen molar-refractivity contribution in [3.8, 4) is 0 Å². The number of rotatable bonds is 6. The van der Waals surface area contributed by atoms with Crippen LogP contribution in [0.1, 0.15) is 28.8 Å². The fourth-order valence-electron chi connectivity index (χ4n) is 3.51. The molecule has 0 N–H and O–H groups in total. The summed E-state index contributed by atoms with van der Waals surface area (Å²) in [6.45, 7) is 1.29. The van der Waals surface area contributed by atoms with Crippen molar-refractivity contribution in [2.45, 2.75) is 30.3 Å². The highest BCUT2D eigenvalue weighted by Crippen LogP contribution is 2.35. The van der Waals surface area contributed by atoms with Crippen molar-refractivity contribution in [3.63, 3.8) is 0 Å². The van der Waals surface area contributed by atoms with E-state index in [0.717, 1.165) is 18.4 Å². The van der Waals surface area contributed by atoms with Crippen LogP contribution in [0.25, 0.3) is 0 Å². The summed E-state index contributed by atoms with van der Waals surface area (Å²) < 4.78 is 46.0. The Morgan fingerprint density at radius 3 is 2.35 bits per heavy atom. The lowest BCUT2D eigenvalue weighted by atomic mass is 10.1. The number of carbonyl (C=O) groups is 1. The minimum atomic E-state index is -3.91. The normalized spacial score (nSPS) is 17.5. The van der Waals surface area contributed by atoms with Gasteiger partial charge in [0, 0.05) is 25.7 Å². The van der Waals surface area contributed by atoms with Gasteiger partial charge in [-0.1, -0.05) is 35.3 Å². The molecular weight excluding hydrogens is 466 g/mol. The number of benzene rings is 2. The van der Waals surface area contributed by atoms with Gasteiger partial charge in [-0.2, -0.15) is 4.31 Å². The van der Waals surface area contributed by atoms with Gasteiger partial charge < -0.3 is 9.64 Å². The Morgan fingerprint density at radius 1 is 1.10 bits per heavy atom. The van der Waals surface area contributed by atoms with Gasteiger partial charge in [0.15, 0.2) is 0 Å². The molecule has 4 rings (SSSR count). The van der Waals surface area contributed by atoms with Crippen LogP contribution in [0.5, 0.6) is 0 Å². The van der Waals surface area contributed by atoms with Crippen molar-refractivity contribution in [1.29, 1.82) is 0 Å². The monoisotopic (exact) mass is 486 g/mol. The van der Waals surface area contributed by atoms with E-state index >= 15 is 0 Å². The lowest BCUT2D eigenvalue weighted by molar-refractivity contribution is 0.0725. The topological polar surface area (TPSA) is 66.9 Å². The van der Waals surface area contributed by atoms with Gasteiger partial charge in [0.2, 0.25) is 10.0 Å². The molecule has 10 heteroatoms. The fourth-order valence-corrected chi connectivity index (χ4v) is 5.75. The summed E-state index contributed by atoms with van der Waals surface area (Å²) in [7, 11) is -3.91. The van der Waals surface area contributed by atoms with Crippen LogP contribution < -0.4 is 0 Å². The number of hydrogen-bond acceptors (Lipinski definition) is 4. The van der Waals surface area contributed by atoms with E-state index in [2.05, 4.69) is 0 Å². The standard InChI is InChI=1S/C21H21Cl2FN2O4S/c22-18-12-19(23)20(31(28,29)25-7-9-30-10-8-25)11-17(18)21(27)26(16-5-6-16)13-14-1-3-15(24)4-2-14/h1-4,11-12,16H,5-10,13H2. The van der Waals surface area contributed by atoms with Crippen molar-refractivity contribution >= 4 is 39.1 Å². The van der Waals surface area contributed by atoms with Gasteiger partial charge in [0.05, 0.1) is 28.8 Å². The zero-order chi connectivity index (χ0) is 22.2. The van der Waals surface area contributed by atoms with Gasteiger partial charge in [0.25, 0.3) is 5.91 Å². The molecule has 1 saturated heterocycles. The van der Waals surface area contributed by atoms with E-state index in [4.69, 9.17) is 27.9 Å². The Hall–Kier alpha value is -1.71.